The highest BCUT2D eigenvalue weighted by atomic mass is 35.5. The van der Waals surface area contributed by atoms with Crippen LogP contribution in [-0.4, -0.2) is 25.3 Å². The van der Waals surface area contributed by atoms with Gasteiger partial charge >= 0.3 is 0 Å². The molecule has 0 spiro atoms. The fourth-order valence-electron chi connectivity index (χ4n) is 4.31. The third kappa shape index (κ3) is 4.41. The first-order chi connectivity index (χ1) is 16.1. The number of amides is 1. The molecule has 7 nitrogen and oxygen atoms in total. The minimum Gasteiger partial charge on any atom is -0.379 e. The molecule has 4 aromatic rings. The highest BCUT2D eigenvalue weighted by Gasteiger charge is 2.44. The highest BCUT2D eigenvalue weighted by molar-refractivity contribution is 6.30. The van der Waals surface area contributed by atoms with Crippen molar-refractivity contribution in [2.45, 2.75) is 37.6 Å². The van der Waals surface area contributed by atoms with Crippen LogP contribution >= 0.6 is 11.6 Å². The third-order valence-corrected chi connectivity index (χ3v) is 6.55. The molecule has 33 heavy (non-hydrogen) atoms. The minimum atomic E-state index is -0.0813. The van der Waals surface area contributed by atoms with Gasteiger partial charge in [0.15, 0.2) is 0 Å². The zero-order valence-electron chi connectivity index (χ0n) is 17.9. The second kappa shape index (κ2) is 8.15. The zero-order chi connectivity index (χ0) is 22.4. The molecule has 166 valence electrons. The van der Waals surface area contributed by atoms with Crippen LogP contribution in [0, 0.1) is 5.92 Å². The van der Waals surface area contributed by atoms with E-state index in [1.165, 1.54) is 18.4 Å². The van der Waals surface area contributed by atoms with Crippen molar-refractivity contribution in [2.75, 3.05) is 10.6 Å². The Morgan fingerprint density at radius 3 is 2.88 bits per heavy atom. The van der Waals surface area contributed by atoms with E-state index in [0.717, 1.165) is 34.9 Å². The van der Waals surface area contributed by atoms with Gasteiger partial charge < -0.3 is 15.0 Å². The minimum absolute atomic E-state index is 0.0311. The standard InChI is InChI=1S/C25H23ClN6O/c26-18-7-17(10-27-11-18)21-9-22(21)25(33)31-23-8-19(5-6-28-23)29-12-20-14-32-13-16(15-1-2-15)3-4-24(32)30-20/h3-8,10-11,13-15,21-22H,1-2,9,12H2,(H2,28,29,31,33). The fraction of sp³-hybridized carbons (Fsp3) is 0.280. The summed E-state index contributed by atoms with van der Waals surface area (Å²) in [6, 6.07) is 9.87. The Morgan fingerprint density at radius 1 is 1.12 bits per heavy atom. The molecule has 0 bridgehead atoms. The Bertz CT molecular complexity index is 1350. The summed E-state index contributed by atoms with van der Waals surface area (Å²) in [5, 5.41) is 6.91. The van der Waals surface area contributed by atoms with Gasteiger partial charge in [0, 0.05) is 48.7 Å². The number of hydrogen-bond donors (Lipinski definition) is 2. The smallest absolute Gasteiger partial charge is 0.229 e. The summed E-state index contributed by atoms with van der Waals surface area (Å²) >= 11 is 6.02. The summed E-state index contributed by atoms with van der Waals surface area (Å²) in [7, 11) is 0. The van der Waals surface area contributed by atoms with Crippen LogP contribution in [0.3, 0.4) is 0 Å². The maximum atomic E-state index is 12.7. The number of carbonyl (C=O) groups is 1. The first-order valence-electron chi connectivity index (χ1n) is 11.2. The average Bonchev–Trinajstić information content (AvgIpc) is 3.74. The summed E-state index contributed by atoms with van der Waals surface area (Å²) in [5.74, 6) is 1.30. The predicted molar refractivity (Wildman–Crippen MR) is 127 cm³/mol. The van der Waals surface area contributed by atoms with Gasteiger partial charge in [0.05, 0.1) is 17.3 Å². The summed E-state index contributed by atoms with van der Waals surface area (Å²) in [6.45, 7) is 0.588. The lowest BCUT2D eigenvalue weighted by Crippen LogP contribution is -2.15. The van der Waals surface area contributed by atoms with Crippen LogP contribution in [-0.2, 0) is 11.3 Å². The number of hydrogen-bond acceptors (Lipinski definition) is 5. The van der Waals surface area contributed by atoms with Crippen LogP contribution in [0.25, 0.3) is 5.65 Å². The molecular weight excluding hydrogens is 436 g/mol. The van der Waals surface area contributed by atoms with Crippen molar-refractivity contribution in [1.29, 1.82) is 0 Å². The Morgan fingerprint density at radius 2 is 2.03 bits per heavy atom. The number of nitrogens with one attached hydrogen (secondary N) is 2. The quantitative estimate of drug-likeness (QED) is 0.406. The van der Waals surface area contributed by atoms with Gasteiger partial charge in [-0.3, -0.25) is 9.78 Å². The molecule has 2 aliphatic carbocycles. The molecule has 1 amide bonds. The molecule has 0 aromatic carbocycles. The number of rotatable bonds is 7. The summed E-state index contributed by atoms with van der Waals surface area (Å²) < 4.78 is 2.10. The molecule has 8 heteroatoms. The largest absolute Gasteiger partial charge is 0.379 e. The average molecular weight is 459 g/mol. The van der Waals surface area contributed by atoms with Crippen LogP contribution in [0.2, 0.25) is 5.02 Å². The van der Waals surface area contributed by atoms with Crippen LogP contribution in [0.1, 0.15) is 47.9 Å². The van der Waals surface area contributed by atoms with Gasteiger partial charge in [0.1, 0.15) is 11.5 Å². The first-order valence-corrected chi connectivity index (χ1v) is 11.6. The maximum Gasteiger partial charge on any atom is 0.229 e. The van der Waals surface area contributed by atoms with E-state index in [9.17, 15) is 4.79 Å². The summed E-state index contributed by atoms with van der Waals surface area (Å²) in [5.41, 5.74) is 5.18. The number of fused-ring (bicyclic) bond motifs is 1. The van der Waals surface area contributed by atoms with E-state index in [4.69, 9.17) is 16.6 Å². The Balaban J connectivity index is 1.08. The summed E-state index contributed by atoms with van der Waals surface area (Å²) in [4.78, 5) is 25.8. The van der Waals surface area contributed by atoms with Crippen molar-refractivity contribution in [3.8, 4) is 0 Å². The van der Waals surface area contributed by atoms with E-state index < -0.39 is 0 Å². The number of aromatic nitrogens is 4. The number of carbonyl (C=O) groups excluding carboxylic acids is 1. The van der Waals surface area contributed by atoms with Crippen LogP contribution < -0.4 is 10.6 Å². The van der Waals surface area contributed by atoms with E-state index in [-0.39, 0.29) is 17.7 Å². The number of anilines is 2. The topological polar surface area (TPSA) is 84.2 Å². The summed E-state index contributed by atoms with van der Waals surface area (Å²) in [6.07, 6.45) is 12.7. The zero-order valence-corrected chi connectivity index (χ0v) is 18.7. The molecule has 2 fully saturated rings. The first kappa shape index (κ1) is 20.2. The number of nitrogens with zero attached hydrogens (tertiary/aromatic N) is 4. The Labute approximate surface area is 196 Å². The van der Waals surface area contributed by atoms with Gasteiger partial charge in [0.2, 0.25) is 5.91 Å². The van der Waals surface area contributed by atoms with Gasteiger partial charge in [-0.25, -0.2) is 9.97 Å². The molecule has 2 atom stereocenters. The molecule has 2 unspecified atom stereocenters. The number of pyridine rings is 3. The molecule has 2 aliphatic rings. The van der Waals surface area contributed by atoms with Crippen molar-refractivity contribution in [2.24, 2.45) is 5.92 Å². The molecule has 0 saturated heterocycles. The molecule has 0 aliphatic heterocycles. The lowest BCUT2D eigenvalue weighted by Gasteiger charge is -2.08. The predicted octanol–water partition coefficient (Wildman–Crippen LogP) is 5.01. The molecule has 2 N–H and O–H groups in total. The molecule has 2 saturated carbocycles. The van der Waals surface area contributed by atoms with Crippen molar-refractivity contribution >= 4 is 34.7 Å². The van der Waals surface area contributed by atoms with Crippen molar-refractivity contribution in [3.05, 3.63) is 83.2 Å². The monoisotopic (exact) mass is 458 g/mol. The molecule has 4 heterocycles. The third-order valence-electron chi connectivity index (χ3n) is 6.34. The van der Waals surface area contributed by atoms with Gasteiger partial charge in [-0.2, -0.15) is 0 Å². The Kier molecular flexibility index (Phi) is 4.99. The maximum absolute atomic E-state index is 12.7. The highest BCUT2D eigenvalue weighted by Crippen LogP contribution is 2.48. The second-order valence-corrected chi connectivity index (χ2v) is 9.33. The fourth-order valence-corrected chi connectivity index (χ4v) is 4.49. The van der Waals surface area contributed by atoms with Gasteiger partial charge in [-0.1, -0.05) is 17.7 Å². The normalized spacial score (nSPS) is 19.4. The van der Waals surface area contributed by atoms with Crippen LogP contribution in [0.4, 0.5) is 11.5 Å². The molecule has 0 radical (unpaired) electrons. The van der Waals surface area contributed by atoms with E-state index >= 15 is 0 Å². The van der Waals surface area contributed by atoms with Crippen molar-refractivity contribution in [3.63, 3.8) is 0 Å². The van der Waals surface area contributed by atoms with Crippen LogP contribution in [0.5, 0.6) is 0 Å². The van der Waals surface area contributed by atoms with Crippen molar-refractivity contribution < 1.29 is 4.79 Å². The lowest BCUT2D eigenvalue weighted by molar-refractivity contribution is -0.117. The van der Waals surface area contributed by atoms with E-state index in [1.807, 2.05) is 18.2 Å². The lowest BCUT2D eigenvalue weighted by atomic mass is 10.1. The van der Waals surface area contributed by atoms with E-state index in [0.29, 0.717) is 17.4 Å². The van der Waals surface area contributed by atoms with Crippen LogP contribution in [0.15, 0.2) is 61.3 Å². The van der Waals surface area contributed by atoms with E-state index in [1.54, 1.807) is 18.6 Å². The SMILES string of the molecule is O=C(Nc1cc(NCc2cn3cc(C4CC4)ccc3n2)ccn1)C1CC1c1cncc(Cl)c1. The van der Waals surface area contributed by atoms with Crippen molar-refractivity contribution in [1.82, 2.24) is 19.4 Å². The Hall–Kier alpha value is -3.45. The van der Waals surface area contributed by atoms with Gasteiger partial charge in [-0.15, -0.1) is 0 Å². The van der Waals surface area contributed by atoms with Gasteiger partial charge in [-0.05, 0) is 60.4 Å². The number of imidazole rings is 1. The van der Waals surface area contributed by atoms with Gasteiger partial charge in [0.25, 0.3) is 0 Å². The van der Waals surface area contributed by atoms with E-state index in [2.05, 4.69) is 49.5 Å². The molecule has 4 aromatic heterocycles. The molecular formula is C25H23ClN6O. The second-order valence-electron chi connectivity index (χ2n) is 8.89. The number of halogens is 1. The molecule has 6 rings (SSSR count).